The summed E-state index contributed by atoms with van der Waals surface area (Å²) in [5.41, 5.74) is 2.45. The lowest BCUT2D eigenvalue weighted by Crippen LogP contribution is -2.20. The van der Waals surface area contributed by atoms with Crippen molar-refractivity contribution in [3.63, 3.8) is 0 Å². The van der Waals surface area contributed by atoms with Gasteiger partial charge in [-0.05, 0) is 51.0 Å². The molecule has 0 spiro atoms. The van der Waals surface area contributed by atoms with Gasteiger partial charge in [-0.15, -0.1) is 0 Å². The minimum Gasteiger partial charge on any atom is -0.376 e. The number of rotatable bonds is 6. The molecule has 1 fully saturated rings. The Morgan fingerprint density at radius 1 is 1.29 bits per heavy atom. The number of nitrogens with one attached hydrogen (secondary N) is 2. The van der Waals surface area contributed by atoms with E-state index in [1.807, 2.05) is 25.1 Å². The van der Waals surface area contributed by atoms with Crippen molar-refractivity contribution in [1.29, 1.82) is 0 Å². The van der Waals surface area contributed by atoms with Crippen LogP contribution in [0.3, 0.4) is 0 Å². The van der Waals surface area contributed by atoms with Crippen molar-refractivity contribution < 1.29 is 9.53 Å². The quantitative estimate of drug-likeness (QED) is 0.793. The van der Waals surface area contributed by atoms with Gasteiger partial charge >= 0.3 is 0 Å². The highest BCUT2D eigenvalue weighted by Gasteiger charge is 2.15. The lowest BCUT2D eigenvalue weighted by Gasteiger charge is -2.13. The second-order valence-electron chi connectivity index (χ2n) is 5.99. The maximum atomic E-state index is 11.3. The zero-order valence-corrected chi connectivity index (χ0v) is 14.0. The Labute approximate surface area is 141 Å². The molecule has 1 unspecified atom stereocenters. The Kier molecular flexibility index (Phi) is 5.05. The molecule has 6 heteroatoms. The molecule has 0 amide bonds. The van der Waals surface area contributed by atoms with E-state index in [0.29, 0.717) is 17.3 Å². The zero-order valence-electron chi connectivity index (χ0n) is 14.0. The first-order chi connectivity index (χ1) is 11.6. The van der Waals surface area contributed by atoms with Crippen LogP contribution in [0.4, 0.5) is 17.5 Å². The number of carbonyl (C=O) groups is 1. The number of carbonyl (C=O) groups excluding carboxylic acids is 1. The first-order valence-electron chi connectivity index (χ1n) is 8.19. The predicted octanol–water partition coefficient (Wildman–Crippen LogP) is 3.32. The summed E-state index contributed by atoms with van der Waals surface area (Å²) in [7, 11) is 0. The minimum atomic E-state index is 0.0556. The average Bonchev–Trinajstić information content (AvgIpc) is 3.06. The number of anilines is 3. The van der Waals surface area contributed by atoms with Crippen LogP contribution in [0.5, 0.6) is 0 Å². The maximum absolute atomic E-state index is 11.3. The molecule has 1 atom stereocenters. The second kappa shape index (κ2) is 7.40. The number of hydrogen-bond acceptors (Lipinski definition) is 6. The molecule has 1 aromatic carbocycles. The fourth-order valence-electron chi connectivity index (χ4n) is 2.66. The number of ether oxygens (including phenoxy) is 1. The SMILES string of the molecule is CC(=O)c1ccc(Nc2cc(C)nc(NCC3CCCO3)n2)cc1. The normalized spacial score (nSPS) is 16.8. The third-order valence-corrected chi connectivity index (χ3v) is 3.93. The van der Waals surface area contributed by atoms with Crippen molar-refractivity contribution in [2.75, 3.05) is 23.8 Å². The number of Topliss-reactive ketones (excluding diaryl/α,β-unsaturated/α-hetero) is 1. The molecule has 0 radical (unpaired) electrons. The van der Waals surface area contributed by atoms with Crippen LogP contribution in [0.1, 0.15) is 35.8 Å². The number of nitrogens with zero attached hydrogens (tertiary/aromatic N) is 2. The second-order valence-corrected chi connectivity index (χ2v) is 5.99. The van der Waals surface area contributed by atoms with Crippen molar-refractivity contribution in [1.82, 2.24) is 9.97 Å². The monoisotopic (exact) mass is 326 g/mol. The summed E-state index contributed by atoms with van der Waals surface area (Å²) in [5.74, 6) is 1.36. The molecule has 2 heterocycles. The summed E-state index contributed by atoms with van der Waals surface area (Å²) in [6, 6.07) is 9.22. The predicted molar refractivity (Wildman–Crippen MR) is 94.0 cm³/mol. The molecule has 2 aromatic rings. The Hall–Kier alpha value is -2.47. The number of ketones is 1. The first kappa shape index (κ1) is 16.4. The summed E-state index contributed by atoms with van der Waals surface area (Å²) < 4.78 is 5.60. The van der Waals surface area contributed by atoms with E-state index < -0.39 is 0 Å². The highest BCUT2D eigenvalue weighted by atomic mass is 16.5. The standard InChI is InChI=1S/C18H22N4O2/c1-12-10-17(21-15-7-5-14(6-8-15)13(2)23)22-18(20-12)19-11-16-4-3-9-24-16/h5-8,10,16H,3-4,9,11H2,1-2H3,(H2,19,20,21,22). The minimum absolute atomic E-state index is 0.0556. The summed E-state index contributed by atoms with van der Waals surface area (Å²) in [6.45, 7) is 5.05. The van der Waals surface area contributed by atoms with Crippen LogP contribution in [0.15, 0.2) is 30.3 Å². The summed E-state index contributed by atoms with van der Waals surface area (Å²) in [5, 5.41) is 6.49. The molecular formula is C18H22N4O2. The third kappa shape index (κ3) is 4.29. The topological polar surface area (TPSA) is 76.1 Å². The molecule has 3 rings (SSSR count). The van der Waals surface area contributed by atoms with Crippen molar-refractivity contribution >= 4 is 23.2 Å². The van der Waals surface area contributed by atoms with Crippen LogP contribution < -0.4 is 10.6 Å². The number of hydrogen-bond donors (Lipinski definition) is 2. The van der Waals surface area contributed by atoms with E-state index in [9.17, 15) is 4.79 Å². The molecule has 0 aliphatic carbocycles. The van der Waals surface area contributed by atoms with E-state index >= 15 is 0 Å². The first-order valence-corrected chi connectivity index (χ1v) is 8.19. The van der Waals surface area contributed by atoms with Crippen molar-refractivity contribution in [3.8, 4) is 0 Å². The molecule has 1 aliphatic rings. The Morgan fingerprint density at radius 2 is 2.08 bits per heavy atom. The van der Waals surface area contributed by atoms with Gasteiger partial charge in [-0.2, -0.15) is 4.98 Å². The van der Waals surface area contributed by atoms with Gasteiger partial charge in [-0.25, -0.2) is 4.98 Å². The van der Waals surface area contributed by atoms with E-state index in [0.717, 1.165) is 37.4 Å². The number of benzene rings is 1. The fraction of sp³-hybridized carbons (Fsp3) is 0.389. The number of aromatic nitrogens is 2. The lowest BCUT2D eigenvalue weighted by atomic mass is 10.1. The lowest BCUT2D eigenvalue weighted by molar-refractivity contribution is 0.101. The fourth-order valence-corrected chi connectivity index (χ4v) is 2.66. The van der Waals surface area contributed by atoms with E-state index in [-0.39, 0.29) is 11.9 Å². The van der Waals surface area contributed by atoms with E-state index in [2.05, 4.69) is 20.6 Å². The molecule has 1 saturated heterocycles. The molecule has 2 N–H and O–H groups in total. The Bertz CT molecular complexity index is 709. The van der Waals surface area contributed by atoms with Gasteiger partial charge in [0, 0.05) is 36.2 Å². The van der Waals surface area contributed by atoms with Crippen LogP contribution in [0.25, 0.3) is 0 Å². The van der Waals surface area contributed by atoms with Crippen LogP contribution in [0.2, 0.25) is 0 Å². The van der Waals surface area contributed by atoms with Gasteiger partial charge in [0.2, 0.25) is 5.95 Å². The summed E-state index contributed by atoms with van der Waals surface area (Å²) in [6.07, 6.45) is 2.43. The van der Waals surface area contributed by atoms with Crippen LogP contribution in [-0.2, 0) is 4.74 Å². The van der Waals surface area contributed by atoms with Crippen molar-refractivity contribution in [2.45, 2.75) is 32.8 Å². The van der Waals surface area contributed by atoms with Gasteiger partial charge in [-0.3, -0.25) is 4.79 Å². The maximum Gasteiger partial charge on any atom is 0.224 e. The van der Waals surface area contributed by atoms with Crippen LogP contribution in [0, 0.1) is 6.92 Å². The van der Waals surface area contributed by atoms with Crippen molar-refractivity contribution in [2.24, 2.45) is 0 Å². The highest BCUT2D eigenvalue weighted by Crippen LogP contribution is 2.18. The van der Waals surface area contributed by atoms with Crippen LogP contribution in [-0.4, -0.2) is 35.0 Å². The molecule has 126 valence electrons. The Morgan fingerprint density at radius 3 is 2.75 bits per heavy atom. The highest BCUT2D eigenvalue weighted by molar-refractivity contribution is 5.94. The Balaban J connectivity index is 1.67. The molecule has 0 saturated carbocycles. The summed E-state index contributed by atoms with van der Waals surface area (Å²) in [4.78, 5) is 20.2. The number of aryl methyl sites for hydroxylation is 1. The van der Waals surface area contributed by atoms with E-state index in [1.54, 1.807) is 19.1 Å². The van der Waals surface area contributed by atoms with Crippen molar-refractivity contribution in [3.05, 3.63) is 41.6 Å². The molecular weight excluding hydrogens is 304 g/mol. The van der Waals surface area contributed by atoms with Gasteiger partial charge in [-0.1, -0.05) is 0 Å². The third-order valence-electron chi connectivity index (χ3n) is 3.93. The average molecular weight is 326 g/mol. The van der Waals surface area contributed by atoms with Gasteiger partial charge in [0.05, 0.1) is 6.10 Å². The van der Waals surface area contributed by atoms with E-state index in [1.165, 1.54) is 0 Å². The van der Waals surface area contributed by atoms with Crippen LogP contribution >= 0.6 is 0 Å². The van der Waals surface area contributed by atoms with Gasteiger partial charge < -0.3 is 15.4 Å². The summed E-state index contributed by atoms with van der Waals surface area (Å²) >= 11 is 0. The van der Waals surface area contributed by atoms with E-state index in [4.69, 9.17) is 4.74 Å². The molecule has 6 nitrogen and oxygen atoms in total. The molecule has 1 aromatic heterocycles. The molecule has 0 bridgehead atoms. The zero-order chi connectivity index (χ0) is 16.9. The van der Waals surface area contributed by atoms with Gasteiger partial charge in [0.15, 0.2) is 5.78 Å². The van der Waals surface area contributed by atoms with Gasteiger partial charge in [0.1, 0.15) is 5.82 Å². The largest absolute Gasteiger partial charge is 0.376 e. The smallest absolute Gasteiger partial charge is 0.224 e. The molecule has 1 aliphatic heterocycles. The molecule has 24 heavy (non-hydrogen) atoms. The van der Waals surface area contributed by atoms with Gasteiger partial charge in [0.25, 0.3) is 0 Å².